The number of piperazine rings is 2. The zero-order valence-corrected chi connectivity index (χ0v) is 44.5. The number of carbonyl (C=O) groups is 1. The Bertz CT molecular complexity index is 2740. The number of halogens is 4. The van der Waals surface area contributed by atoms with Crippen LogP contribution in [0, 0.1) is 5.41 Å². The fourth-order valence-corrected chi connectivity index (χ4v) is 13.5. The second-order valence-electron chi connectivity index (χ2n) is 20.4. The molecule has 4 aromatic rings. The fourth-order valence-electron chi connectivity index (χ4n) is 10.4. The topological polar surface area (TPSA) is 126 Å². The van der Waals surface area contributed by atoms with Gasteiger partial charge in [0.05, 0.1) is 10.6 Å². The first kappa shape index (κ1) is 54.1. The van der Waals surface area contributed by atoms with Crippen molar-refractivity contribution >= 4 is 66.1 Å². The van der Waals surface area contributed by atoms with Crippen LogP contribution in [0.25, 0.3) is 5.57 Å². The number of likely N-dealkylation sites (tertiary alicyclic amines) is 1. The molecule has 8 rings (SSSR count). The van der Waals surface area contributed by atoms with Crippen LogP contribution < -0.4 is 14.9 Å². The van der Waals surface area contributed by atoms with Gasteiger partial charge in [-0.25, -0.2) is 21.6 Å². The average Bonchev–Trinajstić information content (AvgIpc) is 3.35. The third-order valence-electron chi connectivity index (χ3n) is 14.7. The molecule has 3 aliphatic heterocycles. The largest absolute Gasteiger partial charge is 0.501 e. The van der Waals surface area contributed by atoms with Gasteiger partial charge in [-0.05, 0) is 142 Å². The SMILES string of the molecule is CN1CCC(N2CCN(CC[C@H](CSc3ccccc3)Nc3ccc(S(=O)(=O)NC(=O)c4ccc(N5CCN(CC6=C(c7ccc(Cl)cc7)CCC(C)(C)C6)CC5)cc4)cc3S(=O)(=O)C(F)(F)F)CC2)CC1. The Morgan fingerprint density at radius 1 is 0.819 bits per heavy atom. The van der Waals surface area contributed by atoms with Gasteiger partial charge in [0.1, 0.15) is 4.90 Å². The molecule has 390 valence electrons. The highest BCUT2D eigenvalue weighted by Gasteiger charge is 2.48. The number of hydrogen-bond acceptors (Lipinski definition) is 12. The summed E-state index contributed by atoms with van der Waals surface area (Å²) in [5, 5.41) is 3.79. The smallest absolute Gasteiger partial charge is 0.380 e. The lowest BCUT2D eigenvalue weighted by atomic mass is 9.73. The quantitative estimate of drug-likeness (QED) is 0.0980. The first-order valence-corrected chi connectivity index (χ1v) is 29.2. The molecule has 1 atom stereocenters. The van der Waals surface area contributed by atoms with E-state index in [-0.39, 0.29) is 16.7 Å². The number of alkyl halides is 3. The lowest BCUT2D eigenvalue weighted by Crippen LogP contribution is -2.53. The molecule has 0 spiro atoms. The number of piperidine rings is 1. The number of anilines is 2. The highest BCUT2D eigenvalue weighted by Crippen LogP contribution is 2.43. The van der Waals surface area contributed by atoms with Crippen molar-refractivity contribution in [2.75, 3.05) is 102 Å². The summed E-state index contributed by atoms with van der Waals surface area (Å²) in [6.07, 6.45) is 5.90. The van der Waals surface area contributed by atoms with E-state index in [0.717, 1.165) is 127 Å². The van der Waals surface area contributed by atoms with Crippen LogP contribution in [0.3, 0.4) is 0 Å². The van der Waals surface area contributed by atoms with E-state index in [0.29, 0.717) is 35.8 Å². The van der Waals surface area contributed by atoms with E-state index in [1.807, 2.05) is 47.2 Å². The maximum Gasteiger partial charge on any atom is 0.501 e. The number of amides is 1. The van der Waals surface area contributed by atoms with Gasteiger partial charge in [-0.15, -0.1) is 11.8 Å². The van der Waals surface area contributed by atoms with E-state index in [2.05, 4.69) is 62.8 Å². The first-order chi connectivity index (χ1) is 34.2. The minimum atomic E-state index is -6.07. The van der Waals surface area contributed by atoms with Crippen molar-refractivity contribution in [3.8, 4) is 0 Å². The number of sulfone groups is 1. The number of sulfonamides is 1. The molecule has 2 N–H and O–H groups in total. The summed E-state index contributed by atoms with van der Waals surface area (Å²) < 4.78 is 99.0. The number of nitrogens with zero attached hydrogens (tertiary/aromatic N) is 5. The molecule has 0 aromatic heterocycles. The standard InChI is InChI=1S/C53H67ClF3N7O5S3/c1-52(2)23-19-48(39-9-13-42(54)14-10-39)41(36-52)37-62-29-33-63(34-30-62)44-15-11-40(12-16-44)51(65)59-72(68,69)47-17-18-49(50(35-47)71(66,67)53(55,56)57)58-43(38-70-46-7-5-4-6-8-46)20-26-61-27-31-64(32-28-61)45-21-24-60(3)25-22-45/h4-18,35,43,45,58H,19-34,36-38H2,1-3H3,(H,59,65)/t43-/m1/s1. The summed E-state index contributed by atoms with van der Waals surface area (Å²) in [5.74, 6) is -0.626. The van der Waals surface area contributed by atoms with Gasteiger partial charge < -0.3 is 20.0 Å². The number of allylic oxidation sites excluding steroid dienone is 1. The Balaban J connectivity index is 0.917. The molecule has 4 aliphatic rings. The van der Waals surface area contributed by atoms with Gasteiger partial charge in [0.25, 0.3) is 25.8 Å². The second-order valence-corrected chi connectivity index (χ2v) is 25.6. The molecule has 19 heteroatoms. The van der Waals surface area contributed by atoms with Gasteiger partial charge in [-0.1, -0.05) is 61.4 Å². The van der Waals surface area contributed by atoms with E-state index in [4.69, 9.17) is 11.6 Å². The molecule has 0 radical (unpaired) electrons. The molecule has 72 heavy (non-hydrogen) atoms. The molecule has 3 heterocycles. The van der Waals surface area contributed by atoms with Gasteiger partial charge >= 0.3 is 5.51 Å². The van der Waals surface area contributed by atoms with Crippen LogP contribution >= 0.6 is 23.4 Å². The molecular formula is C53H67ClF3N7O5S3. The molecule has 1 amide bonds. The van der Waals surface area contributed by atoms with E-state index < -0.39 is 47.1 Å². The molecule has 3 fully saturated rings. The van der Waals surface area contributed by atoms with Gasteiger partial charge in [-0.2, -0.15) is 13.2 Å². The molecule has 12 nitrogen and oxygen atoms in total. The van der Waals surface area contributed by atoms with Crippen molar-refractivity contribution < 1.29 is 34.8 Å². The first-order valence-electron chi connectivity index (χ1n) is 24.9. The highest BCUT2D eigenvalue weighted by molar-refractivity contribution is 7.99. The number of hydrogen-bond donors (Lipinski definition) is 2. The zero-order valence-electron chi connectivity index (χ0n) is 41.3. The van der Waals surface area contributed by atoms with Crippen LogP contribution in [0.5, 0.6) is 0 Å². The number of nitrogens with one attached hydrogen (secondary N) is 2. The Labute approximate surface area is 433 Å². The minimum absolute atomic E-state index is 0.00551. The van der Waals surface area contributed by atoms with Crippen molar-refractivity contribution in [2.45, 2.75) is 84.7 Å². The average molecular weight is 1070 g/mol. The van der Waals surface area contributed by atoms with Crippen molar-refractivity contribution in [3.63, 3.8) is 0 Å². The van der Waals surface area contributed by atoms with Crippen LogP contribution in [-0.4, -0.2) is 151 Å². The van der Waals surface area contributed by atoms with Gasteiger partial charge in [0.2, 0.25) is 0 Å². The second kappa shape index (κ2) is 23.2. The van der Waals surface area contributed by atoms with Crippen LogP contribution in [0.4, 0.5) is 24.5 Å². The van der Waals surface area contributed by atoms with Crippen LogP contribution in [0.15, 0.2) is 117 Å². The van der Waals surface area contributed by atoms with E-state index >= 15 is 0 Å². The van der Waals surface area contributed by atoms with Crippen LogP contribution in [0.2, 0.25) is 5.02 Å². The zero-order chi connectivity index (χ0) is 51.3. The summed E-state index contributed by atoms with van der Waals surface area (Å²) in [7, 11) is -8.77. The minimum Gasteiger partial charge on any atom is -0.380 e. The van der Waals surface area contributed by atoms with Crippen molar-refractivity contribution in [1.29, 1.82) is 0 Å². The van der Waals surface area contributed by atoms with Crippen LogP contribution in [-0.2, 0) is 19.9 Å². The summed E-state index contributed by atoms with van der Waals surface area (Å²) >= 11 is 7.69. The highest BCUT2D eigenvalue weighted by atomic mass is 35.5. The normalized spacial score (nSPS) is 19.8. The molecule has 1 aliphatic carbocycles. The fraction of sp³-hybridized carbons (Fsp3) is 0.491. The van der Waals surface area contributed by atoms with Gasteiger partial charge in [0, 0.05) is 104 Å². The van der Waals surface area contributed by atoms with E-state index in [1.54, 1.807) is 12.1 Å². The summed E-state index contributed by atoms with van der Waals surface area (Å²) in [5.41, 5.74) is -0.972. The van der Waals surface area contributed by atoms with Gasteiger partial charge in [0.15, 0.2) is 0 Å². The van der Waals surface area contributed by atoms with E-state index in [1.165, 1.54) is 40.6 Å². The molecule has 4 aromatic carbocycles. The van der Waals surface area contributed by atoms with Crippen molar-refractivity contribution in [2.24, 2.45) is 5.41 Å². The molecular weight excluding hydrogens is 1000 g/mol. The lowest BCUT2D eigenvalue weighted by Gasteiger charge is -2.42. The third-order valence-corrected chi connectivity index (χ3v) is 19.0. The maximum atomic E-state index is 14.4. The summed E-state index contributed by atoms with van der Waals surface area (Å²) in [6.45, 7) is 14.9. The predicted molar refractivity (Wildman–Crippen MR) is 283 cm³/mol. The molecule has 3 saturated heterocycles. The summed E-state index contributed by atoms with van der Waals surface area (Å²) in [6, 6.07) is 26.6. The molecule has 0 bridgehead atoms. The Morgan fingerprint density at radius 2 is 1.47 bits per heavy atom. The lowest BCUT2D eigenvalue weighted by molar-refractivity contribution is -0.0435. The molecule has 0 saturated carbocycles. The number of benzene rings is 4. The number of thioether (sulfide) groups is 1. The monoisotopic (exact) mass is 1070 g/mol. The predicted octanol–water partition coefficient (Wildman–Crippen LogP) is 9.21. The Morgan fingerprint density at radius 3 is 2.12 bits per heavy atom. The van der Waals surface area contributed by atoms with Gasteiger partial charge in [-0.3, -0.25) is 14.6 Å². The molecule has 0 unspecified atom stereocenters. The summed E-state index contributed by atoms with van der Waals surface area (Å²) in [4.78, 5) is 24.2. The van der Waals surface area contributed by atoms with E-state index in [9.17, 15) is 34.8 Å². The maximum absolute atomic E-state index is 14.4. The van der Waals surface area contributed by atoms with Crippen molar-refractivity contribution in [3.05, 3.63) is 119 Å². The van der Waals surface area contributed by atoms with Crippen LogP contribution in [0.1, 0.15) is 68.3 Å². The third kappa shape index (κ3) is 13.8. The van der Waals surface area contributed by atoms with Crippen molar-refractivity contribution in [1.82, 2.24) is 24.3 Å². The Kier molecular flexibility index (Phi) is 17.4. The Hall–Kier alpha value is -4.14. The number of rotatable bonds is 17. The number of carbonyl (C=O) groups excluding carboxylic acids is 1.